The van der Waals surface area contributed by atoms with Gasteiger partial charge in [0.05, 0.1) is 30.5 Å². The van der Waals surface area contributed by atoms with Crippen LogP contribution in [0.4, 0.5) is 0 Å². The van der Waals surface area contributed by atoms with Gasteiger partial charge in [0.1, 0.15) is 6.61 Å². The molecule has 4 atom stereocenters. The van der Waals surface area contributed by atoms with Crippen molar-refractivity contribution in [2.24, 2.45) is 17.8 Å². The summed E-state index contributed by atoms with van der Waals surface area (Å²) in [4.78, 5) is 40.7. The molecule has 0 radical (unpaired) electrons. The van der Waals surface area contributed by atoms with Crippen molar-refractivity contribution in [3.63, 3.8) is 0 Å². The fourth-order valence-corrected chi connectivity index (χ4v) is 4.68. The van der Waals surface area contributed by atoms with Crippen molar-refractivity contribution < 1.29 is 24.2 Å². The number of ether oxygens (including phenoxy) is 1. The molecule has 1 saturated heterocycles. The van der Waals surface area contributed by atoms with Crippen LogP contribution in [-0.2, 0) is 25.5 Å². The number of hydrogen-bond donors (Lipinski definition) is 2. The lowest BCUT2D eigenvalue weighted by Crippen LogP contribution is -2.46. The molecule has 2 rings (SSSR count). The molecule has 1 aromatic carbocycles. The summed E-state index contributed by atoms with van der Waals surface area (Å²) in [5, 5.41) is 12.6. The third-order valence-corrected chi connectivity index (χ3v) is 7.07. The van der Waals surface area contributed by atoms with Gasteiger partial charge in [0.2, 0.25) is 11.8 Å². The molecule has 0 unspecified atom stereocenters. The van der Waals surface area contributed by atoms with Gasteiger partial charge in [-0.1, -0.05) is 56.3 Å². The van der Waals surface area contributed by atoms with E-state index in [2.05, 4.69) is 18.5 Å². The summed E-state index contributed by atoms with van der Waals surface area (Å²) < 4.78 is 5.72. The van der Waals surface area contributed by atoms with E-state index in [1.165, 1.54) is 0 Å². The first-order valence-electron chi connectivity index (χ1n) is 13.4. The van der Waals surface area contributed by atoms with Gasteiger partial charge in [0.15, 0.2) is 0 Å². The Bertz CT molecular complexity index is 885. The second-order valence-electron chi connectivity index (χ2n) is 10.2. The van der Waals surface area contributed by atoms with Gasteiger partial charge in [-0.3, -0.25) is 14.4 Å². The first-order chi connectivity index (χ1) is 17.8. The quantitative estimate of drug-likeness (QED) is 0.257. The molecule has 2 amide bonds. The maximum atomic E-state index is 13.2. The van der Waals surface area contributed by atoms with E-state index >= 15 is 0 Å². The molecule has 0 aromatic heterocycles. The minimum atomic E-state index is -0.569. The zero-order valence-corrected chi connectivity index (χ0v) is 22.4. The summed E-state index contributed by atoms with van der Waals surface area (Å²) in [5.41, 5.74) is 1.07. The zero-order chi connectivity index (χ0) is 27.2. The summed E-state index contributed by atoms with van der Waals surface area (Å²) in [6, 6.07) is 9.29. The molecule has 1 heterocycles. The number of allylic oxidation sites excluding steroid dienone is 2. The van der Waals surface area contributed by atoms with Crippen LogP contribution in [0.5, 0.6) is 0 Å². The Morgan fingerprint density at radius 2 is 1.89 bits per heavy atom. The average molecular weight is 513 g/mol. The third kappa shape index (κ3) is 9.80. The van der Waals surface area contributed by atoms with Crippen LogP contribution in [0.15, 0.2) is 55.6 Å². The van der Waals surface area contributed by atoms with Gasteiger partial charge in [-0.15, -0.1) is 13.2 Å². The molecule has 0 spiro atoms. The van der Waals surface area contributed by atoms with Gasteiger partial charge in [0, 0.05) is 13.0 Å². The number of amides is 2. The summed E-state index contributed by atoms with van der Waals surface area (Å²) in [6.07, 6.45) is 7.43. The normalized spacial score (nSPS) is 17.6. The van der Waals surface area contributed by atoms with Crippen molar-refractivity contribution in [1.29, 1.82) is 0 Å². The topological polar surface area (TPSA) is 95.9 Å². The smallest absolute Gasteiger partial charge is 0.309 e. The minimum Gasteiger partial charge on any atom is -0.463 e. The van der Waals surface area contributed by atoms with Crippen LogP contribution < -0.4 is 5.32 Å². The lowest BCUT2D eigenvalue weighted by Gasteiger charge is -2.28. The second-order valence-corrected chi connectivity index (χ2v) is 10.2. The highest BCUT2D eigenvalue weighted by molar-refractivity contribution is 5.86. The standard InChI is InChI=1S/C30H44N2O5/c1-5-7-15-25(18-23-13-9-8-10-14-23)30(36)37-21-27(22(3)4)31-29(35)24(12-6-2)19-28(34)32-17-11-16-26(32)20-33/h5-6,8-10,13-14,22,24-27,33H,1-2,7,11-12,15-21H2,3-4H3,(H,31,35)/t24-,25-,26+,27-/m1/s1. The number of hydrogen-bond acceptors (Lipinski definition) is 5. The van der Waals surface area contributed by atoms with Crippen LogP contribution in [0.1, 0.15) is 57.9 Å². The van der Waals surface area contributed by atoms with E-state index in [0.717, 1.165) is 18.4 Å². The number of benzene rings is 1. The second kappa shape index (κ2) is 16.0. The zero-order valence-electron chi connectivity index (χ0n) is 22.4. The van der Waals surface area contributed by atoms with Gasteiger partial charge in [0.25, 0.3) is 0 Å². The number of likely N-dealkylation sites (tertiary alicyclic amines) is 1. The first-order valence-corrected chi connectivity index (χ1v) is 13.4. The van der Waals surface area contributed by atoms with Crippen molar-refractivity contribution in [3.8, 4) is 0 Å². The fraction of sp³-hybridized carbons (Fsp3) is 0.567. The Labute approximate surface area is 222 Å². The summed E-state index contributed by atoms with van der Waals surface area (Å²) in [7, 11) is 0. The number of aliphatic hydroxyl groups is 1. The summed E-state index contributed by atoms with van der Waals surface area (Å²) >= 11 is 0. The summed E-state index contributed by atoms with van der Waals surface area (Å²) in [5.74, 6) is -1.51. The van der Waals surface area contributed by atoms with Crippen molar-refractivity contribution in [3.05, 3.63) is 61.2 Å². The highest BCUT2D eigenvalue weighted by Gasteiger charge is 2.32. The lowest BCUT2D eigenvalue weighted by molar-refractivity contribution is -0.150. The highest BCUT2D eigenvalue weighted by Crippen LogP contribution is 2.22. The minimum absolute atomic E-state index is 0.0231. The Hall–Kier alpha value is -2.93. The SMILES string of the molecule is C=CCC[C@H](Cc1ccccc1)C(=O)OC[C@@H](NC(=O)[C@H](CC=C)CC(=O)N1CCC[C@H]1CO)C(C)C. The molecule has 37 heavy (non-hydrogen) atoms. The molecule has 1 aliphatic rings. The molecule has 7 nitrogen and oxygen atoms in total. The van der Waals surface area contributed by atoms with E-state index in [-0.39, 0.29) is 61.3 Å². The predicted molar refractivity (Wildman–Crippen MR) is 146 cm³/mol. The predicted octanol–water partition coefficient (Wildman–Crippen LogP) is 4.06. The fourth-order valence-electron chi connectivity index (χ4n) is 4.68. The number of aliphatic hydroxyl groups excluding tert-OH is 1. The highest BCUT2D eigenvalue weighted by atomic mass is 16.5. The number of nitrogens with one attached hydrogen (secondary N) is 1. The van der Waals surface area contributed by atoms with Gasteiger partial charge in [-0.25, -0.2) is 0 Å². The molecular formula is C30H44N2O5. The maximum Gasteiger partial charge on any atom is 0.309 e. The Morgan fingerprint density at radius 1 is 1.16 bits per heavy atom. The molecule has 0 saturated carbocycles. The van der Waals surface area contributed by atoms with Gasteiger partial charge < -0.3 is 20.1 Å². The maximum absolute atomic E-state index is 13.2. The molecule has 0 bridgehead atoms. The van der Waals surface area contributed by atoms with Crippen molar-refractivity contribution in [2.75, 3.05) is 19.8 Å². The van der Waals surface area contributed by atoms with Crippen LogP contribution in [0, 0.1) is 17.8 Å². The Kier molecular flexibility index (Phi) is 13.1. The molecule has 7 heteroatoms. The molecule has 1 fully saturated rings. The first kappa shape index (κ1) is 30.3. The van der Waals surface area contributed by atoms with E-state index in [1.54, 1.807) is 17.1 Å². The third-order valence-electron chi connectivity index (χ3n) is 7.07. The Balaban J connectivity index is 1.99. The van der Waals surface area contributed by atoms with Crippen LogP contribution in [0.25, 0.3) is 0 Å². The van der Waals surface area contributed by atoms with Gasteiger partial charge >= 0.3 is 5.97 Å². The van der Waals surface area contributed by atoms with Crippen molar-refractivity contribution in [2.45, 2.75) is 70.9 Å². The number of esters is 1. The lowest BCUT2D eigenvalue weighted by atomic mass is 9.94. The van der Waals surface area contributed by atoms with E-state index in [1.807, 2.05) is 44.2 Å². The van der Waals surface area contributed by atoms with Crippen molar-refractivity contribution in [1.82, 2.24) is 10.2 Å². The van der Waals surface area contributed by atoms with Gasteiger partial charge in [-0.2, -0.15) is 0 Å². The number of nitrogens with zero attached hydrogens (tertiary/aromatic N) is 1. The molecule has 0 aliphatic carbocycles. The molecule has 204 valence electrons. The van der Waals surface area contributed by atoms with Crippen LogP contribution in [0.3, 0.4) is 0 Å². The molecule has 1 aliphatic heterocycles. The monoisotopic (exact) mass is 512 g/mol. The van der Waals surface area contributed by atoms with Crippen LogP contribution in [0.2, 0.25) is 0 Å². The number of carbonyl (C=O) groups is 3. The van der Waals surface area contributed by atoms with Crippen LogP contribution >= 0.6 is 0 Å². The largest absolute Gasteiger partial charge is 0.463 e. The number of carbonyl (C=O) groups excluding carboxylic acids is 3. The molecule has 1 aromatic rings. The van der Waals surface area contributed by atoms with Gasteiger partial charge in [-0.05, 0) is 50.0 Å². The van der Waals surface area contributed by atoms with Crippen LogP contribution in [-0.4, -0.2) is 59.6 Å². The average Bonchev–Trinajstić information content (AvgIpc) is 3.38. The van der Waals surface area contributed by atoms with E-state index in [0.29, 0.717) is 32.2 Å². The number of rotatable bonds is 16. The molecular weight excluding hydrogens is 468 g/mol. The van der Waals surface area contributed by atoms with E-state index < -0.39 is 5.92 Å². The summed E-state index contributed by atoms with van der Waals surface area (Å²) in [6.45, 7) is 12.0. The van der Waals surface area contributed by atoms with Crippen molar-refractivity contribution >= 4 is 17.8 Å². The molecule has 2 N–H and O–H groups in total. The Morgan fingerprint density at radius 3 is 2.51 bits per heavy atom. The van der Waals surface area contributed by atoms with E-state index in [4.69, 9.17) is 4.74 Å². The van der Waals surface area contributed by atoms with E-state index in [9.17, 15) is 19.5 Å².